The van der Waals surface area contributed by atoms with Crippen molar-refractivity contribution in [1.82, 2.24) is 5.32 Å². The Morgan fingerprint density at radius 1 is 1.18 bits per heavy atom. The van der Waals surface area contributed by atoms with Crippen LogP contribution < -0.4 is 5.32 Å². The molecule has 0 aliphatic heterocycles. The summed E-state index contributed by atoms with van der Waals surface area (Å²) in [5, 5.41) is 3.19. The van der Waals surface area contributed by atoms with E-state index in [2.05, 4.69) is 37.0 Å². The Balaban J connectivity index is 2.34. The first-order valence-corrected chi connectivity index (χ1v) is 6.65. The first-order valence-electron chi connectivity index (χ1n) is 6.65. The van der Waals surface area contributed by atoms with E-state index in [1.54, 1.807) is 0 Å². The molecule has 0 fully saturated rings. The quantitative estimate of drug-likeness (QED) is 0.668. The summed E-state index contributed by atoms with van der Waals surface area (Å²) >= 11 is 0. The zero-order chi connectivity index (χ0) is 12.5. The van der Waals surface area contributed by atoms with Gasteiger partial charge in [0.15, 0.2) is 0 Å². The van der Waals surface area contributed by atoms with E-state index in [1.807, 2.05) is 13.1 Å². The van der Waals surface area contributed by atoms with Gasteiger partial charge in [-0.15, -0.1) is 0 Å². The van der Waals surface area contributed by atoms with Gasteiger partial charge >= 0.3 is 0 Å². The summed E-state index contributed by atoms with van der Waals surface area (Å²) in [7, 11) is 2.02. The smallest absolute Gasteiger partial charge is 0.00519 e. The normalized spacial score (nSPS) is 10.5. The largest absolute Gasteiger partial charge is 0.320 e. The van der Waals surface area contributed by atoms with Crippen molar-refractivity contribution < 1.29 is 0 Å². The molecule has 0 bridgehead atoms. The highest BCUT2D eigenvalue weighted by Gasteiger charge is 2.01. The summed E-state index contributed by atoms with van der Waals surface area (Å²) < 4.78 is 0. The molecule has 0 heterocycles. The van der Waals surface area contributed by atoms with Crippen LogP contribution in [0.4, 0.5) is 0 Å². The summed E-state index contributed by atoms with van der Waals surface area (Å²) in [6.07, 6.45) is 8.41. The van der Waals surface area contributed by atoms with Crippen molar-refractivity contribution >= 4 is 6.08 Å². The van der Waals surface area contributed by atoms with Crippen LogP contribution in [-0.2, 0) is 6.42 Å². The molecule has 0 saturated carbocycles. The fraction of sp³-hybridized carbons (Fsp3) is 0.500. The van der Waals surface area contributed by atoms with Crippen LogP contribution in [0.5, 0.6) is 0 Å². The minimum atomic E-state index is 1.14. The molecule has 0 unspecified atom stereocenters. The van der Waals surface area contributed by atoms with Crippen LogP contribution in [0.2, 0.25) is 0 Å². The van der Waals surface area contributed by atoms with Gasteiger partial charge < -0.3 is 5.32 Å². The molecule has 0 aliphatic carbocycles. The zero-order valence-corrected chi connectivity index (χ0v) is 11.3. The molecule has 1 heteroatoms. The van der Waals surface area contributed by atoms with Crippen LogP contribution in [0, 0.1) is 6.92 Å². The lowest BCUT2D eigenvalue weighted by atomic mass is 9.97. The summed E-state index contributed by atoms with van der Waals surface area (Å²) in [4.78, 5) is 0. The van der Waals surface area contributed by atoms with Crippen LogP contribution in [0.3, 0.4) is 0 Å². The van der Waals surface area contributed by atoms with Gasteiger partial charge in [0.05, 0.1) is 0 Å². The molecule has 0 spiro atoms. The van der Waals surface area contributed by atoms with Crippen molar-refractivity contribution in [2.24, 2.45) is 0 Å². The Kier molecular flexibility index (Phi) is 6.64. The van der Waals surface area contributed by atoms with Gasteiger partial charge in [-0.2, -0.15) is 0 Å². The SMILES string of the molecule is C=Cc1cccc(CCCCCCNC)c1C. The summed E-state index contributed by atoms with van der Waals surface area (Å²) in [5.74, 6) is 0. The highest BCUT2D eigenvalue weighted by Crippen LogP contribution is 2.17. The van der Waals surface area contributed by atoms with Gasteiger partial charge in [-0.05, 0) is 56.5 Å². The average Bonchev–Trinajstić information content (AvgIpc) is 2.35. The first kappa shape index (κ1) is 14.0. The van der Waals surface area contributed by atoms with Crippen LogP contribution in [0.25, 0.3) is 6.08 Å². The summed E-state index contributed by atoms with van der Waals surface area (Å²) in [6.45, 7) is 7.20. The topological polar surface area (TPSA) is 12.0 Å². The molecule has 0 amide bonds. The Morgan fingerprint density at radius 2 is 1.94 bits per heavy atom. The first-order chi connectivity index (χ1) is 8.29. The molecule has 17 heavy (non-hydrogen) atoms. The van der Waals surface area contributed by atoms with Crippen molar-refractivity contribution in [2.75, 3.05) is 13.6 Å². The molecule has 94 valence electrons. The van der Waals surface area contributed by atoms with Crippen molar-refractivity contribution in [3.8, 4) is 0 Å². The van der Waals surface area contributed by atoms with Crippen LogP contribution in [0.15, 0.2) is 24.8 Å². The van der Waals surface area contributed by atoms with Crippen molar-refractivity contribution in [1.29, 1.82) is 0 Å². The van der Waals surface area contributed by atoms with E-state index in [0.29, 0.717) is 0 Å². The minimum Gasteiger partial charge on any atom is -0.320 e. The fourth-order valence-corrected chi connectivity index (χ4v) is 2.17. The highest BCUT2D eigenvalue weighted by molar-refractivity contribution is 5.53. The van der Waals surface area contributed by atoms with E-state index < -0.39 is 0 Å². The number of unbranched alkanes of at least 4 members (excludes halogenated alkanes) is 3. The van der Waals surface area contributed by atoms with Crippen molar-refractivity contribution in [3.63, 3.8) is 0 Å². The Hall–Kier alpha value is -1.08. The Morgan fingerprint density at radius 3 is 2.65 bits per heavy atom. The number of benzene rings is 1. The number of nitrogens with one attached hydrogen (secondary N) is 1. The van der Waals surface area contributed by atoms with Crippen molar-refractivity contribution in [2.45, 2.75) is 39.0 Å². The lowest BCUT2D eigenvalue weighted by Crippen LogP contribution is -2.06. The van der Waals surface area contributed by atoms with E-state index >= 15 is 0 Å². The minimum absolute atomic E-state index is 1.14. The monoisotopic (exact) mass is 231 g/mol. The third-order valence-electron chi connectivity index (χ3n) is 3.33. The lowest BCUT2D eigenvalue weighted by Gasteiger charge is -2.08. The Bertz CT molecular complexity index is 341. The van der Waals surface area contributed by atoms with Gasteiger partial charge in [0.1, 0.15) is 0 Å². The van der Waals surface area contributed by atoms with E-state index in [4.69, 9.17) is 0 Å². The van der Waals surface area contributed by atoms with E-state index in [1.165, 1.54) is 48.8 Å². The molecule has 1 N–H and O–H groups in total. The predicted molar refractivity (Wildman–Crippen MR) is 77.4 cm³/mol. The molecule has 1 nitrogen and oxygen atoms in total. The maximum atomic E-state index is 3.86. The molecule has 0 atom stereocenters. The highest BCUT2D eigenvalue weighted by atomic mass is 14.8. The fourth-order valence-electron chi connectivity index (χ4n) is 2.17. The van der Waals surface area contributed by atoms with Gasteiger partial charge in [0.25, 0.3) is 0 Å². The van der Waals surface area contributed by atoms with E-state index in [9.17, 15) is 0 Å². The second-order valence-electron chi connectivity index (χ2n) is 4.60. The number of rotatable bonds is 8. The van der Waals surface area contributed by atoms with Gasteiger partial charge in [0.2, 0.25) is 0 Å². The van der Waals surface area contributed by atoms with Crippen LogP contribution >= 0.6 is 0 Å². The number of aryl methyl sites for hydroxylation is 1. The van der Waals surface area contributed by atoms with Crippen LogP contribution in [-0.4, -0.2) is 13.6 Å². The third-order valence-corrected chi connectivity index (χ3v) is 3.33. The second kappa shape index (κ2) is 8.08. The van der Waals surface area contributed by atoms with Gasteiger partial charge in [-0.1, -0.05) is 43.7 Å². The molecular weight excluding hydrogens is 206 g/mol. The van der Waals surface area contributed by atoms with Crippen LogP contribution in [0.1, 0.15) is 42.4 Å². The molecule has 0 radical (unpaired) electrons. The number of hydrogen-bond donors (Lipinski definition) is 1. The Labute approximate surface area is 106 Å². The third kappa shape index (κ3) is 4.74. The standard InChI is InChI=1S/C16H25N/c1-4-15-11-9-12-16(14(15)2)10-7-5-6-8-13-17-3/h4,9,11-12,17H,1,5-8,10,13H2,2-3H3. The number of hydrogen-bond acceptors (Lipinski definition) is 1. The zero-order valence-electron chi connectivity index (χ0n) is 11.3. The summed E-state index contributed by atoms with van der Waals surface area (Å²) in [5.41, 5.74) is 4.16. The molecule has 0 aliphatic rings. The second-order valence-corrected chi connectivity index (χ2v) is 4.60. The molecular formula is C16H25N. The molecule has 0 aromatic heterocycles. The molecule has 1 aromatic rings. The molecule has 0 saturated heterocycles. The van der Waals surface area contributed by atoms with Gasteiger partial charge in [-0.25, -0.2) is 0 Å². The van der Waals surface area contributed by atoms with E-state index in [0.717, 1.165) is 6.54 Å². The van der Waals surface area contributed by atoms with Gasteiger partial charge in [0, 0.05) is 0 Å². The maximum absolute atomic E-state index is 3.86. The lowest BCUT2D eigenvalue weighted by molar-refractivity contribution is 0.616. The maximum Gasteiger partial charge on any atom is -0.00519 e. The summed E-state index contributed by atoms with van der Waals surface area (Å²) in [6, 6.07) is 6.52. The molecule has 1 rings (SSSR count). The average molecular weight is 231 g/mol. The van der Waals surface area contributed by atoms with Crippen molar-refractivity contribution in [3.05, 3.63) is 41.5 Å². The van der Waals surface area contributed by atoms with Gasteiger partial charge in [-0.3, -0.25) is 0 Å². The van der Waals surface area contributed by atoms with E-state index in [-0.39, 0.29) is 0 Å². The molecule has 1 aromatic carbocycles. The predicted octanol–water partition coefficient (Wildman–Crippen LogP) is 3.96.